The highest BCUT2D eigenvalue weighted by Crippen LogP contribution is 2.30. The van der Waals surface area contributed by atoms with Crippen LogP contribution < -0.4 is 9.47 Å². The predicted octanol–water partition coefficient (Wildman–Crippen LogP) is 3.50. The number of hydrogen-bond acceptors (Lipinski definition) is 3. The zero-order valence-electron chi connectivity index (χ0n) is 12.3. The number of carbonyl (C=O) groups is 1. The molecule has 0 radical (unpaired) electrons. The minimum absolute atomic E-state index is 0.00241. The maximum Gasteiger partial charge on any atom is 0.153 e. The van der Waals surface area contributed by atoms with E-state index in [0.29, 0.717) is 17.9 Å². The molecule has 3 heteroatoms. The first kappa shape index (κ1) is 13.7. The molecule has 2 aromatic rings. The molecule has 3 rings (SSSR count). The molecule has 0 fully saturated rings. The molecule has 1 aliphatic rings. The van der Waals surface area contributed by atoms with E-state index in [1.165, 1.54) is 11.1 Å². The van der Waals surface area contributed by atoms with E-state index in [2.05, 4.69) is 13.0 Å². The first-order valence-electron chi connectivity index (χ1n) is 7.10. The molecule has 0 bridgehead atoms. The Kier molecular flexibility index (Phi) is 3.65. The highest BCUT2D eigenvalue weighted by Gasteiger charge is 2.23. The highest BCUT2D eigenvalue weighted by atomic mass is 16.5. The van der Waals surface area contributed by atoms with Crippen LogP contribution in [0.4, 0.5) is 0 Å². The van der Waals surface area contributed by atoms with Crippen molar-refractivity contribution in [2.24, 2.45) is 0 Å². The van der Waals surface area contributed by atoms with Crippen LogP contribution in [0.25, 0.3) is 0 Å². The van der Waals surface area contributed by atoms with Crippen molar-refractivity contribution < 1.29 is 14.3 Å². The van der Waals surface area contributed by atoms with Crippen molar-refractivity contribution >= 4 is 6.29 Å². The van der Waals surface area contributed by atoms with Gasteiger partial charge in [0.2, 0.25) is 0 Å². The van der Waals surface area contributed by atoms with E-state index in [0.717, 1.165) is 24.0 Å². The summed E-state index contributed by atoms with van der Waals surface area (Å²) in [5.41, 5.74) is 4.09. The average Bonchev–Trinajstić information content (AvgIpc) is 2.87. The zero-order valence-corrected chi connectivity index (χ0v) is 12.3. The molecule has 21 heavy (non-hydrogen) atoms. The fourth-order valence-corrected chi connectivity index (χ4v) is 2.62. The molecule has 0 amide bonds. The number of benzene rings is 2. The second-order valence-corrected chi connectivity index (χ2v) is 5.53. The Morgan fingerprint density at radius 3 is 2.76 bits per heavy atom. The molecule has 1 aliphatic heterocycles. The molecule has 2 aromatic carbocycles. The molecule has 3 nitrogen and oxygen atoms in total. The van der Waals surface area contributed by atoms with Crippen LogP contribution in [0.5, 0.6) is 11.5 Å². The molecule has 0 aromatic heterocycles. The summed E-state index contributed by atoms with van der Waals surface area (Å²) >= 11 is 0. The maximum atomic E-state index is 11.1. The number of aldehydes is 1. The van der Waals surface area contributed by atoms with Gasteiger partial charge in [0.25, 0.3) is 0 Å². The predicted molar refractivity (Wildman–Crippen MR) is 81.4 cm³/mol. The van der Waals surface area contributed by atoms with Crippen LogP contribution in [-0.4, -0.2) is 19.0 Å². The zero-order chi connectivity index (χ0) is 14.8. The lowest BCUT2D eigenvalue weighted by Crippen LogP contribution is -2.22. The summed E-state index contributed by atoms with van der Waals surface area (Å²) in [5.74, 6) is 1.56. The first-order valence-corrected chi connectivity index (χ1v) is 7.10. The smallest absolute Gasteiger partial charge is 0.153 e. The van der Waals surface area contributed by atoms with Crippen molar-refractivity contribution in [1.82, 2.24) is 0 Å². The second-order valence-electron chi connectivity index (χ2n) is 5.53. The highest BCUT2D eigenvalue weighted by molar-refractivity contribution is 5.79. The number of fused-ring (bicyclic) bond motifs is 1. The van der Waals surface area contributed by atoms with Crippen LogP contribution in [0.3, 0.4) is 0 Å². The quantitative estimate of drug-likeness (QED) is 0.805. The van der Waals surface area contributed by atoms with Gasteiger partial charge in [-0.15, -0.1) is 0 Å². The van der Waals surface area contributed by atoms with Gasteiger partial charge < -0.3 is 9.47 Å². The third-order valence-corrected chi connectivity index (χ3v) is 3.67. The third-order valence-electron chi connectivity index (χ3n) is 3.67. The topological polar surface area (TPSA) is 35.5 Å². The van der Waals surface area contributed by atoms with Gasteiger partial charge in [0.1, 0.15) is 24.2 Å². The van der Waals surface area contributed by atoms with Crippen molar-refractivity contribution in [3.8, 4) is 11.5 Å². The normalized spacial score (nSPS) is 16.2. The Morgan fingerprint density at radius 1 is 1.19 bits per heavy atom. The third kappa shape index (κ3) is 2.92. The monoisotopic (exact) mass is 282 g/mol. The summed E-state index contributed by atoms with van der Waals surface area (Å²) in [6, 6.07) is 11.8. The van der Waals surface area contributed by atoms with Gasteiger partial charge in [0, 0.05) is 6.42 Å². The van der Waals surface area contributed by atoms with Gasteiger partial charge in [0.05, 0.1) is 5.56 Å². The van der Waals surface area contributed by atoms with E-state index in [9.17, 15) is 4.79 Å². The molecule has 0 spiro atoms. The standard InChI is InChI=1S/C18H18O3/c1-12-4-6-18-14(7-12)9-16(21-18)11-20-17-5-3-13(2)8-15(17)10-19/h3-8,10,16H,9,11H2,1-2H3. The molecule has 0 saturated heterocycles. The van der Waals surface area contributed by atoms with Gasteiger partial charge >= 0.3 is 0 Å². The molecular formula is C18H18O3. The van der Waals surface area contributed by atoms with Gasteiger partial charge in [0.15, 0.2) is 6.29 Å². The van der Waals surface area contributed by atoms with Crippen LogP contribution in [0.1, 0.15) is 27.0 Å². The van der Waals surface area contributed by atoms with Crippen LogP contribution in [0, 0.1) is 13.8 Å². The molecule has 108 valence electrons. The molecule has 1 unspecified atom stereocenters. The van der Waals surface area contributed by atoms with Gasteiger partial charge in [-0.3, -0.25) is 4.79 Å². The molecule has 1 heterocycles. The fraction of sp³-hybridized carbons (Fsp3) is 0.278. The molecule has 0 saturated carbocycles. The van der Waals surface area contributed by atoms with Crippen LogP contribution >= 0.6 is 0 Å². The van der Waals surface area contributed by atoms with E-state index in [-0.39, 0.29) is 6.10 Å². The SMILES string of the molecule is Cc1ccc(OCC2Cc3cc(C)ccc3O2)c(C=O)c1. The van der Waals surface area contributed by atoms with Gasteiger partial charge in [-0.2, -0.15) is 0 Å². The Hall–Kier alpha value is -2.29. The number of hydrogen-bond donors (Lipinski definition) is 0. The summed E-state index contributed by atoms with van der Waals surface area (Å²) < 4.78 is 11.6. The molecule has 1 atom stereocenters. The Morgan fingerprint density at radius 2 is 1.95 bits per heavy atom. The van der Waals surface area contributed by atoms with Gasteiger partial charge in [-0.25, -0.2) is 0 Å². The fourth-order valence-electron chi connectivity index (χ4n) is 2.62. The summed E-state index contributed by atoms with van der Waals surface area (Å²) in [7, 11) is 0. The van der Waals surface area contributed by atoms with Crippen LogP contribution in [0.2, 0.25) is 0 Å². The minimum Gasteiger partial charge on any atom is -0.489 e. The van der Waals surface area contributed by atoms with E-state index in [1.54, 1.807) is 0 Å². The number of carbonyl (C=O) groups excluding carboxylic acids is 1. The Labute approximate surface area is 124 Å². The van der Waals surface area contributed by atoms with E-state index in [1.807, 2.05) is 37.3 Å². The molecule has 0 N–H and O–H groups in total. The van der Waals surface area contributed by atoms with E-state index >= 15 is 0 Å². The summed E-state index contributed by atoms with van der Waals surface area (Å²) in [6.45, 7) is 4.47. The van der Waals surface area contributed by atoms with E-state index < -0.39 is 0 Å². The van der Waals surface area contributed by atoms with Crippen molar-refractivity contribution in [3.05, 3.63) is 58.7 Å². The lowest BCUT2D eigenvalue weighted by atomic mass is 10.1. The molecule has 0 aliphatic carbocycles. The van der Waals surface area contributed by atoms with Crippen molar-refractivity contribution in [1.29, 1.82) is 0 Å². The Balaban J connectivity index is 1.66. The summed E-state index contributed by atoms with van der Waals surface area (Å²) in [6.07, 6.45) is 1.68. The second kappa shape index (κ2) is 5.60. The number of ether oxygens (including phenoxy) is 2. The molecular weight excluding hydrogens is 264 g/mol. The van der Waals surface area contributed by atoms with E-state index in [4.69, 9.17) is 9.47 Å². The maximum absolute atomic E-state index is 11.1. The van der Waals surface area contributed by atoms with Crippen molar-refractivity contribution in [2.75, 3.05) is 6.61 Å². The largest absolute Gasteiger partial charge is 0.489 e. The minimum atomic E-state index is 0.00241. The Bertz CT molecular complexity index is 676. The van der Waals surface area contributed by atoms with Crippen molar-refractivity contribution in [3.63, 3.8) is 0 Å². The lowest BCUT2D eigenvalue weighted by molar-refractivity contribution is 0.111. The average molecular weight is 282 g/mol. The van der Waals surface area contributed by atoms with Crippen molar-refractivity contribution in [2.45, 2.75) is 26.4 Å². The van der Waals surface area contributed by atoms with Gasteiger partial charge in [-0.05, 0) is 37.6 Å². The number of aryl methyl sites for hydroxylation is 2. The number of rotatable bonds is 4. The van der Waals surface area contributed by atoms with Crippen LogP contribution in [-0.2, 0) is 6.42 Å². The lowest BCUT2D eigenvalue weighted by Gasteiger charge is -2.13. The van der Waals surface area contributed by atoms with Crippen LogP contribution in [0.15, 0.2) is 36.4 Å². The van der Waals surface area contributed by atoms with Gasteiger partial charge in [-0.1, -0.05) is 29.3 Å². The first-order chi connectivity index (χ1) is 10.2. The summed E-state index contributed by atoms with van der Waals surface area (Å²) in [4.78, 5) is 11.1. The summed E-state index contributed by atoms with van der Waals surface area (Å²) in [5, 5.41) is 0.